The molecule has 2 aliphatic carbocycles. The minimum absolute atomic E-state index is 0.0717. The Bertz CT molecular complexity index is 7210. The Morgan fingerprint density at radius 3 is 0.954 bits per heavy atom. The lowest BCUT2D eigenvalue weighted by atomic mass is 9.59. The number of fused-ring (bicyclic) bond motifs is 15. The van der Waals surface area contributed by atoms with Gasteiger partial charge in [-0.05, 0) is 324 Å². The quantitative estimate of drug-likeness (QED) is 0.0501. The van der Waals surface area contributed by atoms with E-state index < -0.39 is 0 Å². The maximum atomic E-state index is 6.62. The van der Waals surface area contributed by atoms with Gasteiger partial charge in [-0.2, -0.15) is 0 Å². The molecular formula is C116H112B2Br4N4O4. The first-order valence-corrected chi connectivity index (χ1v) is 50.3. The van der Waals surface area contributed by atoms with E-state index in [0.29, 0.717) is 0 Å². The summed E-state index contributed by atoms with van der Waals surface area (Å²) in [4.78, 5) is 0. The van der Waals surface area contributed by atoms with Gasteiger partial charge in [0.2, 0.25) is 0 Å². The van der Waals surface area contributed by atoms with E-state index in [1.54, 1.807) is 0 Å². The molecule has 0 saturated carbocycles. The Kier molecular flexibility index (Phi) is 24.4. The first kappa shape index (κ1) is 88.1. The van der Waals surface area contributed by atoms with E-state index in [2.05, 4.69) is 442 Å². The van der Waals surface area contributed by atoms with Crippen molar-refractivity contribution in [2.45, 2.75) is 206 Å². The summed E-state index contributed by atoms with van der Waals surface area (Å²) in [5.74, 6) is 0. The molecule has 0 radical (unpaired) electrons. The molecule has 0 N–H and O–H groups in total. The van der Waals surface area contributed by atoms with Crippen LogP contribution in [0.5, 0.6) is 0 Å². The fourth-order valence-corrected chi connectivity index (χ4v) is 22.2. The molecular weight excluding hydrogens is 1850 g/mol. The second-order valence-electron chi connectivity index (χ2n) is 38.7. The minimum atomic E-state index is -0.369. The van der Waals surface area contributed by atoms with Crippen molar-refractivity contribution in [1.29, 1.82) is 0 Å². The summed E-state index contributed by atoms with van der Waals surface area (Å²) in [6.07, 6.45) is 21.3. The number of hydrogen-bond acceptors (Lipinski definition) is 4. The maximum absolute atomic E-state index is 6.62. The molecule has 0 unspecified atom stereocenters. The van der Waals surface area contributed by atoms with E-state index in [9.17, 15) is 0 Å². The Labute approximate surface area is 799 Å². The van der Waals surface area contributed by atoms with Crippen LogP contribution >= 0.6 is 63.7 Å². The highest BCUT2D eigenvalue weighted by atomic mass is 79.9. The summed E-state index contributed by atoms with van der Waals surface area (Å²) in [6.45, 7) is 21.8. The molecule has 2 saturated heterocycles. The molecule has 14 heteroatoms. The van der Waals surface area contributed by atoms with Gasteiger partial charge in [0.25, 0.3) is 0 Å². The zero-order valence-corrected chi connectivity index (χ0v) is 82.7. The predicted octanol–water partition coefficient (Wildman–Crippen LogP) is 32.2. The molecule has 0 bridgehead atoms. The number of unbranched alkanes of at least 4 members (excludes halogenated alkanes) is 10. The van der Waals surface area contributed by atoms with Crippen molar-refractivity contribution in [3.8, 4) is 45.0 Å². The lowest BCUT2D eigenvalue weighted by molar-refractivity contribution is 0.00578. The number of nitrogens with zero attached hydrogens (tertiary/aromatic N) is 4. The molecule has 2 aliphatic heterocycles. The third kappa shape index (κ3) is 16.4. The zero-order chi connectivity index (χ0) is 89.5. The van der Waals surface area contributed by atoms with Gasteiger partial charge in [0, 0.05) is 89.1 Å². The molecule has 130 heavy (non-hydrogen) atoms. The predicted molar refractivity (Wildman–Crippen MR) is 563 cm³/mol. The van der Waals surface area contributed by atoms with Crippen LogP contribution in [0.25, 0.3) is 132 Å². The Balaban J connectivity index is 0.000000122. The molecule has 654 valence electrons. The fourth-order valence-electron chi connectivity index (χ4n) is 20.9. The second-order valence-corrected chi connectivity index (χ2v) is 42.3. The summed E-state index contributed by atoms with van der Waals surface area (Å²) >= 11 is 14.6. The van der Waals surface area contributed by atoms with Gasteiger partial charge >= 0.3 is 14.2 Å². The van der Waals surface area contributed by atoms with Gasteiger partial charge in [-0.1, -0.05) is 276 Å². The molecule has 18 aromatic rings. The fraction of sp³-hybridized carbons (Fsp3) is 0.276. The van der Waals surface area contributed by atoms with E-state index in [4.69, 9.17) is 18.6 Å². The van der Waals surface area contributed by atoms with Crippen molar-refractivity contribution in [2.24, 2.45) is 0 Å². The molecule has 14 aromatic carbocycles. The van der Waals surface area contributed by atoms with Gasteiger partial charge in [0.05, 0.1) is 66.5 Å². The normalized spacial score (nSPS) is 15.6. The SMILES string of the molecule is Brc1ccc(-n2c3ccc(Br)cc3c3cc(-c4ccc5c(c4)c4ccccc4n5-c4ccc5c(c4)CC5)ccc32)cc1.Brc1ccc(-n2c3ccc(Br)cc3c3cc(-c4ccc5c(c4)c4ccccc4n5-c4ccccc4)ccc32)cc1.CCCCCCCCC1(CCCCCCCC)c2cc(B3OC(C)(C)C(C)(C)O3)ccc2Cc2ccc(B3OC(C)(C)C(C)(C)O3)cc21. The average molecular weight is 1970 g/mol. The topological polar surface area (TPSA) is 56.6 Å². The van der Waals surface area contributed by atoms with E-state index in [1.165, 1.54) is 244 Å². The van der Waals surface area contributed by atoms with Gasteiger partial charge in [-0.25, -0.2) is 0 Å². The summed E-state index contributed by atoms with van der Waals surface area (Å²) in [5, 5.41) is 10.1. The summed E-state index contributed by atoms with van der Waals surface area (Å²) in [5.41, 5.74) is 28.9. The van der Waals surface area contributed by atoms with Crippen molar-refractivity contribution in [3.63, 3.8) is 0 Å². The second kappa shape index (κ2) is 35.9. The van der Waals surface area contributed by atoms with Crippen LogP contribution in [0.1, 0.15) is 193 Å². The molecule has 0 amide bonds. The minimum Gasteiger partial charge on any atom is -0.399 e. The molecule has 4 aromatic heterocycles. The summed E-state index contributed by atoms with van der Waals surface area (Å²) in [6, 6.07) is 107. The van der Waals surface area contributed by atoms with Crippen LogP contribution in [0, 0.1) is 0 Å². The molecule has 22 rings (SSSR count). The van der Waals surface area contributed by atoms with E-state index >= 15 is 0 Å². The van der Waals surface area contributed by atoms with E-state index in [1.807, 2.05) is 0 Å². The smallest absolute Gasteiger partial charge is 0.399 e. The number of benzene rings is 14. The Morgan fingerprint density at radius 1 is 0.262 bits per heavy atom. The molecule has 4 aliphatic rings. The van der Waals surface area contributed by atoms with Crippen molar-refractivity contribution in [3.05, 3.63) is 342 Å². The largest absolute Gasteiger partial charge is 0.494 e. The van der Waals surface area contributed by atoms with Crippen LogP contribution in [-0.4, -0.2) is 54.9 Å². The van der Waals surface area contributed by atoms with Crippen molar-refractivity contribution in [1.82, 2.24) is 18.3 Å². The Morgan fingerprint density at radius 2 is 0.569 bits per heavy atom. The van der Waals surface area contributed by atoms with E-state index in [0.717, 1.165) is 59.5 Å². The highest BCUT2D eigenvalue weighted by molar-refractivity contribution is 9.11. The van der Waals surface area contributed by atoms with Gasteiger partial charge in [0.15, 0.2) is 0 Å². The Hall–Kier alpha value is -9.83. The third-order valence-electron chi connectivity index (χ3n) is 29.4. The molecule has 2 fully saturated rings. The first-order chi connectivity index (χ1) is 62.9. The number of aromatic nitrogens is 4. The van der Waals surface area contributed by atoms with Gasteiger partial charge < -0.3 is 36.9 Å². The lowest BCUT2D eigenvalue weighted by Crippen LogP contribution is -2.41. The highest BCUT2D eigenvalue weighted by Crippen LogP contribution is 2.51. The standard InChI is InChI=1S/C42H66B2O4.C38H24Br2N2.C36H22Br2N2/c1-11-13-15-17-19-21-27-42(28-22-20-18-16-14-12-2)36-30-34(43-45-38(3,4)39(5,6)46-43)25-23-32(36)29-33-24-26-35(31-37(33)42)44-47-40(7,8)41(9,10)48-44;39-27-10-14-29(15-11-27)41-37-17-9-26(21-33(37)34-22-28(40)12-18-38(34)41)25-8-16-36-32(20-25)31-3-1-2-4-35(31)42(36)30-13-7-23-5-6-24(23)19-30;37-25-12-15-28(16-13-25)40-35-18-11-24(21-31(35)32-22-26(38)14-19-36(32)40)23-10-17-34-30(20-23)29-8-4-5-9-33(29)39(34)27-6-2-1-3-7-27/h23-26,30-31H,11-22,27-29H2,1-10H3;1-4,7-22H,5-6H2;1-22H. The lowest BCUT2D eigenvalue weighted by Gasteiger charge is -2.42. The highest BCUT2D eigenvalue weighted by Gasteiger charge is 2.54. The van der Waals surface area contributed by atoms with Crippen molar-refractivity contribution >= 4 is 176 Å². The molecule has 0 atom stereocenters. The van der Waals surface area contributed by atoms with Gasteiger partial charge in [0.1, 0.15) is 0 Å². The third-order valence-corrected chi connectivity index (χ3v) is 31.5. The van der Waals surface area contributed by atoms with Crippen LogP contribution < -0.4 is 10.9 Å². The van der Waals surface area contributed by atoms with Gasteiger partial charge in [-0.15, -0.1) is 0 Å². The van der Waals surface area contributed by atoms with Crippen LogP contribution in [0.2, 0.25) is 0 Å². The maximum Gasteiger partial charge on any atom is 0.494 e. The molecule has 0 spiro atoms. The van der Waals surface area contributed by atoms with E-state index in [-0.39, 0.29) is 42.1 Å². The van der Waals surface area contributed by atoms with Crippen LogP contribution in [0.15, 0.2) is 309 Å². The number of halogens is 4. The summed E-state index contributed by atoms with van der Waals surface area (Å²) < 4.78 is 40.3. The van der Waals surface area contributed by atoms with Crippen molar-refractivity contribution < 1.29 is 18.6 Å². The van der Waals surface area contributed by atoms with Crippen LogP contribution in [-0.2, 0) is 43.3 Å². The number of aryl methyl sites for hydroxylation is 2. The van der Waals surface area contributed by atoms with Crippen LogP contribution in [0.4, 0.5) is 0 Å². The molecule has 8 nitrogen and oxygen atoms in total. The number of rotatable bonds is 22. The van der Waals surface area contributed by atoms with Crippen molar-refractivity contribution in [2.75, 3.05) is 0 Å². The zero-order valence-electron chi connectivity index (χ0n) is 76.3. The molecule has 6 heterocycles. The average Bonchev–Trinajstić information content (AvgIpc) is 0.726. The number of hydrogen-bond donors (Lipinski definition) is 0. The number of para-hydroxylation sites is 3. The summed E-state index contributed by atoms with van der Waals surface area (Å²) in [7, 11) is -0.725. The monoisotopic (exact) mass is 1960 g/mol. The van der Waals surface area contributed by atoms with Crippen LogP contribution in [0.3, 0.4) is 0 Å². The first-order valence-electron chi connectivity index (χ1n) is 47.2. The van der Waals surface area contributed by atoms with Gasteiger partial charge in [-0.3, -0.25) is 0 Å².